The lowest BCUT2D eigenvalue weighted by Gasteiger charge is -2.10. The van der Waals surface area contributed by atoms with Crippen molar-refractivity contribution >= 4 is 0 Å². The molecule has 0 aromatic carbocycles. The van der Waals surface area contributed by atoms with Gasteiger partial charge in [-0.25, -0.2) is 9.67 Å². The molecular formula is C14H20N4. The minimum absolute atomic E-state index is 0.475. The van der Waals surface area contributed by atoms with Crippen molar-refractivity contribution in [1.29, 1.82) is 0 Å². The van der Waals surface area contributed by atoms with Crippen LogP contribution in [0.1, 0.15) is 35.1 Å². The largest absolute Gasteiger partial charge is 0.326 e. The fourth-order valence-corrected chi connectivity index (χ4v) is 2.31. The Morgan fingerprint density at radius 1 is 1.22 bits per heavy atom. The van der Waals surface area contributed by atoms with Crippen LogP contribution in [0.4, 0.5) is 0 Å². The van der Waals surface area contributed by atoms with Gasteiger partial charge in [-0.3, -0.25) is 0 Å². The number of pyridine rings is 1. The predicted octanol–water partition coefficient (Wildman–Crippen LogP) is 2.21. The maximum atomic E-state index is 5.78. The van der Waals surface area contributed by atoms with Crippen molar-refractivity contribution in [1.82, 2.24) is 14.8 Å². The first-order valence-electron chi connectivity index (χ1n) is 6.30. The highest BCUT2D eigenvalue weighted by molar-refractivity contribution is 5.39. The van der Waals surface area contributed by atoms with E-state index in [-0.39, 0.29) is 0 Å². The Bertz CT molecular complexity index is 569. The molecule has 4 nitrogen and oxygen atoms in total. The molecule has 2 heterocycles. The highest BCUT2D eigenvalue weighted by Crippen LogP contribution is 2.19. The van der Waals surface area contributed by atoms with E-state index in [9.17, 15) is 0 Å². The second kappa shape index (κ2) is 4.90. The van der Waals surface area contributed by atoms with E-state index in [0.29, 0.717) is 6.54 Å². The standard InChI is InChI=1S/C14H20N4/c1-5-13-10(3)17-18(11(13)4)14-12(8-15)7-6-9(2)16-14/h6-7H,5,8,15H2,1-4H3. The SMILES string of the molecule is CCc1c(C)nn(-c2nc(C)ccc2CN)c1C. The van der Waals surface area contributed by atoms with Gasteiger partial charge in [0.25, 0.3) is 0 Å². The van der Waals surface area contributed by atoms with Crippen LogP contribution >= 0.6 is 0 Å². The molecule has 2 aromatic rings. The predicted molar refractivity (Wildman–Crippen MR) is 72.8 cm³/mol. The van der Waals surface area contributed by atoms with Gasteiger partial charge < -0.3 is 5.73 Å². The van der Waals surface area contributed by atoms with E-state index < -0.39 is 0 Å². The van der Waals surface area contributed by atoms with Crippen LogP contribution in [0, 0.1) is 20.8 Å². The summed E-state index contributed by atoms with van der Waals surface area (Å²) < 4.78 is 1.92. The lowest BCUT2D eigenvalue weighted by Crippen LogP contribution is -2.10. The minimum atomic E-state index is 0.475. The molecule has 0 saturated carbocycles. The third kappa shape index (κ3) is 2.04. The smallest absolute Gasteiger partial charge is 0.158 e. The van der Waals surface area contributed by atoms with Gasteiger partial charge in [0.05, 0.1) is 5.69 Å². The van der Waals surface area contributed by atoms with E-state index in [0.717, 1.165) is 34.9 Å². The Hall–Kier alpha value is -1.68. The summed E-state index contributed by atoms with van der Waals surface area (Å²) in [7, 11) is 0. The van der Waals surface area contributed by atoms with Gasteiger partial charge in [-0.1, -0.05) is 13.0 Å². The van der Waals surface area contributed by atoms with E-state index in [2.05, 4.69) is 23.9 Å². The molecule has 2 aromatic heterocycles. The number of nitrogens with two attached hydrogens (primary N) is 1. The summed E-state index contributed by atoms with van der Waals surface area (Å²) >= 11 is 0. The molecule has 0 aliphatic heterocycles. The van der Waals surface area contributed by atoms with Gasteiger partial charge in [-0.15, -0.1) is 0 Å². The molecular weight excluding hydrogens is 224 g/mol. The molecule has 0 aliphatic carbocycles. The Labute approximate surface area is 108 Å². The first-order chi connectivity index (χ1) is 8.58. The zero-order valence-corrected chi connectivity index (χ0v) is 11.5. The molecule has 96 valence electrons. The van der Waals surface area contributed by atoms with Crippen LogP contribution < -0.4 is 5.73 Å². The van der Waals surface area contributed by atoms with Gasteiger partial charge in [-0.05, 0) is 38.8 Å². The number of hydrogen-bond acceptors (Lipinski definition) is 3. The molecule has 2 rings (SSSR count). The third-order valence-electron chi connectivity index (χ3n) is 3.31. The molecule has 0 saturated heterocycles. The first-order valence-corrected chi connectivity index (χ1v) is 6.30. The van der Waals surface area contributed by atoms with E-state index in [1.807, 2.05) is 30.7 Å². The van der Waals surface area contributed by atoms with Crippen LogP contribution in [0.25, 0.3) is 5.82 Å². The van der Waals surface area contributed by atoms with Crippen molar-refractivity contribution in [3.63, 3.8) is 0 Å². The van der Waals surface area contributed by atoms with Gasteiger partial charge in [0, 0.05) is 23.5 Å². The summed E-state index contributed by atoms with van der Waals surface area (Å²) in [6.45, 7) is 8.73. The molecule has 0 aliphatic rings. The topological polar surface area (TPSA) is 56.7 Å². The van der Waals surface area contributed by atoms with Crippen LogP contribution in [0.3, 0.4) is 0 Å². The molecule has 0 radical (unpaired) electrons. The fraction of sp³-hybridized carbons (Fsp3) is 0.429. The maximum absolute atomic E-state index is 5.78. The van der Waals surface area contributed by atoms with Crippen molar-refractivity contribution in [3.05, 3.63) is 40.3 Å². The normalized spacial score (nSPS) is 10.9. The van der Waals surface area contributed by atoms with Crippen LogP contribution in [0.5, 0.6) is 0 Å². The molecule has 18 heavy (non-hydrogen) atoms. The fourth-order valence-electron chi connectivity index (χ4n) is 2.31. The monoisotopic (exact) mass is 244 g/mol. The number of aryl methyl sites for hydroxylation is 2. The first kappa shape index (κ1) is 12.8. The Balaban J connectivity index is 2.65. The lowest BCUT2D eigenvalue weighted by atomic mass is 10.1. The third-order valence-corrected chi connectivity index (χ3v) is 3.31. The molecule has 0 bridgehead atoms. The van der Waals surface area contributed by atoms with Crippen molar-refractivity contribution < 1.29 is 0 Å². The van der Waals surface area contributed by atoms with E-state index in [4.69, 9.17) is 5.73 Å². The number of nitrogens with zero attached hydrogens (tertiary/aromatic N) is 3. The molecule has 0 spiro atoms. The molecule has 0 fully saturated rings. The van der Waals surface area contributed by atoms with Crippen molar-refractivity contribution in [2.24, 2.45) is 5.73 Å². The van der Waals surface area contributed by atoms with E-state index >= 15 is 0 Å². The van der Waals surface area contributed by atoms with Gasteiger partial charge in [-0.2, -0.15) is 5.10 Å². The highest BCUT2D eigenvalue weighted by Gasteiger charge is 2.14. The van der Waals surface area contributed by atoms with Crippen LogP contribution in [-0.4, -0.2) is 14.8 Å². The zero-order chi connectivity index (χ0) is 13.3. The quantitative estimate of drug-likeness (QED) is 0.900. The van der Waals surface area contributed by atoms with Gasteiger partial charge >= 0.3 is 0 Å². The Morgan fingerprint density at radius 3 is 2.50 bits per heavy atom. The minimum Gasteiger partial charge on any atom is -0.326 e. The van der Waals surface area contributed by atoms with Gasteiger partial charge in [0.1, 0.15) is 0 Å². The summed E-state index contributed by atoms with van der Waals surface area (Å²) in [6, 6.07) is 4.01. The second-order valence-corrected chi connectivity index (χ2v) is 4.55. The van der Waals surface area contributed by atoms with Crippen LogP contribution in [0.15, 0.2) is 12.1 Å². The van der Waals surface area contributed by atoms with Crippen molar-refractivity contribution in [2.45, 2.75) is 40.7 Å². The lowest BCUT2D eigenvalue weighted by molar-refractivity contribution is 0.783. The van der Waals surface area contributed by atoms with Crippen molar-refractivity contribution in [2.75, 3.05) is 0 Å². The van der Waals surface area contributed by atoms with E-state index in [1.165, 1.54) is 5.56 Å². The Kier molecular flexibility index (Phi) is 3.48. The summed E-state index contributed by atoms with van der Waals surface area (Å²) in [5, 5.41) is 4.60. The number of aromatic nitrogens is 3. The van der Waals surface area contributed by atoms with Crippen LogP contribution in [-0.2, 0) is 13.0 Å². The average molecular weight is 244 g/mol. The molecule has 0 atom stereocenters. The van der Waals surface area contributed by atoms with Crippen LogP contribution in [0.2, 0.25) is 0 Å². The Morgan fingerprint density at radius 2 is 1.94 bits per heavy atom. The summed E-state index contributed by atoms with van der Waals surface area (Å²) in [5.41, 5.74) is 11.3. The summed E-state index contributed by atoms with van der Waals surface area (Å²) in [5.74, 6) is 0.859. The maximum Gasteiger partial charge on any atom is 0.158 e. The summed E-state index contributed by atoms with van der Waals surface area (Å²) in [6.07, 6.45) is 0.988. The van der Waals surface area contributed by atoms with E-state index in [1.54, 1.807) is 0 Å². The molecule has 0 unspecified atom stereocenters. The average Bonchev–Trinajstić information content (AvgIpc) is 2.64. The number of hydrogen-bond donors (Lipinski definition) is 1. The molecule has 0 amide bonds. The molecule has 2 N–H and O–H groups in total. The number of rotatable bonds is 3. The zero-order valence-electron chi connectivity index (χ0n) is 11.5. The second-order valence-electron chi connectivity index (χ2n) is 4.55. The van der Waals surface area contributed by atoms with Gasteiger partial charge in [0.2, 0.25) is 0 Å². The highest BCUT2D eigenvalue weighted by atomic mass is 15.3. The van der Waals surface area contributed by atoms with Gasteiger partial charge in [0.15, 0.2) is 5.82 Å². The van der Waals surface area contributed by atoms with Crippen molar-refractivity contribution in [3.8, 4) is 5.82 Å². The summed E-state index contributed by atoms with van der Waals surface area (Å²) in [4.78, 5) is 4.58. The molecule has 4 heteroatoms.